The van der Waals surface area contributed by atoms with Crippen molar-refractivity contribution >= 4 is 11.0 Å². The number of aryl methyl sites for hydroxylation is 1. The van der Waals surface area contributed by atoms with Gasteiger partial charge in [0.25, 0.3) is 0 Å². The molecular formula is C31H24O5. The van der Waals surface area contributed by atoms with Gasteiger partial charge < -0.3 is 19.0 Å². The predicted octanol–water partition coefficient (Wildman–Crippen LogP) is 6.06. The molecule has 0 atom stereocenters. The fourth-order valence-corrected chi connectivity index (χ4v) is 4.65. The first-order chi connectivity index (χ1) is 17.7. The minimum atomic E-state index is -1.21. The van der Waals surface area contributed by atoms with Gasteiger partial charge in [-0.1, -0.05) is 84.9 Å². The van der Waals surface area contributed by atoms with Crippen molar-refractivity contribution < 1.29 is 19.0 Å². The Bertz CT molecular complexity index is 1530. The Labute approximate surface area is 208 Å². The molecule has 1 aliphatic heterocycles. The van der Waals surface area contributed by atoms with Crippen LogP contribution in [-0.4, -0.2) is 11.7 Å². The molecule has 5 aromatic rings. The van der Waals surface area contributed by atoms with Crippen LogP contribution in [0.2, 0.25) is 0 Å². The van der Waals surface area contributed by atoms with Crippen molar-refractivity contribution in [2.75, 3.05) is 6.61 Å². The largest absolute Gasteiger partial charge is 0.452 e. The number of aliphatic hydroxyl groups excluding tert-OH is 1. The smallest absolute Gasteiger partial charge is 0.305 e. The van der Waals surface area contributed by atoms with Gasteiger partial charge in [0.15, 0.2) is 16.8 Å². The summed E-state index contributed by atoms with van der Waals surface area (Å²) in [4.78, 5) is 13.1. The molecule has 178 valence electrons. The molecule has 0 amide bonds. The van der Waals surface area contributed by atoms with Gasteiger partial charge in [-0.3, -0.25) is 4.79 Å². The van der Waals surface area contributed by atoms with Gasteiger partial charge in [-0.15, -0.1) is 0 Å². The van der Waals surface area contributed by atoms with E-state index in [1.807, 2.05) is 84.9 Å². The molecule has 0 spiro atoms. The average Bonchev–Trinajstić information content (AvgIpc) is 3.35. The highest BCUT2D eigenvalue weighted by atomic mass is 16.7. The van der Waals surface area contributed by atoms with Crippen molar-refractivity contribution in [3.8, 4) is 22.8 Å². The second kappa shape index (κ2) is 9.02. The summed E-state index contributed by atoms with van der Waals surface area (Å²) in [5.41, 5.74) is 3.77. The van der Waals surface area contributed by atoms with Gasteiger partial charge in [0.05, 0.1) is 5.39 Å². The summed E-state index contributed by atoms with van der Waals surface area (Å²) in [6.07, 6.45) is 1.50. The standard InChI is InChI=1S/C31H24O5/c32-19-7-8-21-13-15-22(16-14-21)28-20-26(33)25-17-18-27-30(29(25)34-28)36-31(35-27,23-9-3-1-4-10-23)24-11-5-2-6-12-24/h1-6,9-18,20,32H,7-8,19H2. The second-order valence-electron chi connectivity index (χ2n) is 8.82. The Morgan fingerprint density at radius 3 is 2.06 bits per heavy atom. The third-order valence-electron chi connectivity index (χ3n) is 6.48. The SMILES string of the molecule is O=c1cc(-c2ccc(CCCO)cc2)oc2c3c(ccc12)OC(c1ccccc1)(c1ccccc1)O3. The molecule has 0 unspecified atom stereocenters. The first-order valence-corrected chi connectivity index (χ1v) is 12.0. The maximum atomic E-state index is 13.1. The summed E-state index contributed by atoms with van der Waals surface area (Å²) < 4.78 is 19.4. The minimum Gasteiger partial charge on any atom is -0.452 e. The molecule has 0 radical (unpaired) electrons. The third kappa shape index (κ3) is 3.74. The number of fused-ring (bicyclic) bond motifs is 3. The minimum absolute atomic E-state index is 0.154. The number of rotatable bonds is 6. The third-order valence-corrected chi connectivity index (χ3v) is 6.48. The van der Waals surface area contributed by atoms with E-state index in [1.54, 1.807) is 12.1 Å². The van der Waals surface area contributed by atoms with E-state index < -0.39 is 5.79 Å². The molecule has 0 saturated carbocycles. The molecule has 5 nitrogen and oxygen atoms in total. The van der Waals surface area contributed by atoms with E-state index in [0.29, 0.717) is 34.6 Å². The number of benzene rings is 4. The van der Waals surface area contributed by atoms with E-state index in [2.05, 4.69) is 0 Å². The summed E-state index contributed by atoms with van der Waals surface area (Å²) >= 11 is 0. The zero-order chi connectivity index (χ0) is 24.5. The molecule has 1 aliphatic rings. The zero-order valence-electron chi connectivity index (χ0n) is 19.5. The maximum Gasteiger partial charge on any atom is 0.305 e. The van der Waals surface area contributed by atoms with Crippen molar-refractivity contribution in [1.29, 1.82) is 0 Å². The van der Waals surface area contributed by atoms with Crippen molar-refractivity contribution in [2.45, 2.75) is 18.6 Å². The molecule has 1 aromatic heterocycles. The Hall–Kier alpha value is -4.35. The van der Waals surface area contributed by atoms with E-state index >= 15 is 0 Å². The number of aliphatic hydroxyl groups is 1. The van der Waals surface area contributed by atoms with Crippen LogP contribution in [0.4, 0.5) is 0 Å². The van der Waals surface area contributed by atoms with E-state index in [9.17, 15) is 4.79 Å². The van der Waals surface area contributed by atoms with E-state index in [1.165, 1.54) is 6.07 Å². The van der Waals surface area contributed by atoms with Crippen LogP contribution in [0.1, 0.15) is 23.1 Å². The lowest BCUT2D eigenvalue weighted by molar-refractivity contribution is -0.0456. The van der Waals surface area contributed by atoms with Crippen molar-refractivity contribution in [3.63, 3.8) is 0 Å². The van der Waals surface area contributed by atoms with Crippen LogP contribution in [-0.2, 0) is 12.2 Å². The van der Waals surface area contributed by atoms with Crippen molar-refractivity contribution in [3.05, 3.63) is 130 Å². The van der Waals surface area contributed by atoms with Crippen molar-refractivity contribution in [1.82, 2.24) is 0 Å². The monoisotopic (exact) mass is 476 g/mol. The Morgan fingerprint density at radius 2 is 1.42 bits per heavy atom. The van der Waals surface area contributed by atoms with Crippen LogP contribution in [0.15, 0.2) is 112 Å². The fraction of sp³-hybridized carbons (Fsp3) is 0.129. The average molecular weight is 477 g/mol. The summed E-state index contributed by atoms with van der Waals surface area (Å²) in [5.74, 6) is 0.158. The molecule has 0 fully saturated rings. The summed E-state index contributed by atoms with van der Waals surface area (Å²) in [7, 11) is 0. The van der Waals surface area contributed by atoms with Crippen LogP contribution >= 0.6 is 0 Å². The fourth-order valence-electron chi connectivity index (χ4n) is 4.65. The van der Waals surface area contributed by atoms with Crippen LogP contribution in [0.5, 0.6) is 11.5 Å². The molecule has 2 heterocycles. The summed E-state index contributed by atoms with van der Waals surface area (Å²) in [6.45, 7) is 0.155. The van der Waals surface area contributed by atoms with E-state index in [0.717, 1.165) is 28.7 Å². The molecule has 36 heavy (non-hydrogen) atoms. The van der Waals surface area contributed by atoms with E-state index in [-0.39, 0.29) is 12.0 Å². The van der Waals surface area contributed by atoms with Gasteiger partial charge in [0.2, 0.25) is 5.75 Å². The van der Waals surface area contributed by atoms with Crippen LogP contribution < -0.4 is 14.9 Å². The summed E-state index contributed by atoms with van der Waals surface area (Å²) in [6, 6.07) is 32.3. The zero-order valence-corrected chi connectivity index (χ0v) is 19.5. The lowest BCUT2D eigenvalue weighted by Gasteiger charge is -2.28. The van der Waals surface area contributed by atoms with Crippen LogP contribution in [0, 0.1) is 0 Å². The molecule has 0 saturated heterocycles. The molecule has 0 bridgehead atoms. The topological polar surface area (TPSA) is 68.9 Å². The van der Waals surface area contributed by atoms with Gasteiger partial charge in [-0.2, -0.15) is 0 Å². The van der Waals surface area contributed by atoms with Gasteiger partial charge in [0.1, 0.15) is 5.76 Å². The maximum absolute atomic E-state index is 13.1. The number of hydrogen-bond acceptors (Lipinski definition) is 5. The van der Waals surface area contributed by atoms with Gasteiger partial charge in [-0.05, 0) is 30.5 Å². The Morgan fingerprint density at radius 1 is 0.750 bits per heavy atom. The highest BCUT2D eigenvalue weighted by Crippen LogP contribution is 2.50. The van der Waals surface area contributed by atoms with Crippen LogP contribution in [0.25, 0.3) is 22.3 Å². The molecule has 4 aromatic carbocycles. The second-order valence-corrected chi connectivity index (χ2v) is 8.82. The predicted molar refractivity (Wildman–Crippen MR) is 138 cm³/mol. The van der Waals surface area contributed by atoms with E-state index in [4.69, 9.17) is 19.0 Å². The Balaban J connectivity index is 1.48. The van der Waals surface area contributed by atoms with Gasteiger partial charge in [0, 0.05) is 29.4 Å². The lowest BCUT2D eigenvalue weighted by Crippen LogP contribution is -2.36. The number of ether oxygens (including phenoxy) is 2. The quantitative estimate of drug-likeness (QED) is 0.323. The molecular weight excluding hydrogens is 452 g/mol. The first-order valence-electron chi connectivity index (χ1n) is 12.0. The van der Waals surface area contributed by atoms with Crippen molar-refractivity contribution in [2.24, 2.45) is 0 Å². The Kier molecular flexibility index (Phi) is 5.55. The highest BCUT2D eigenvalue weighted by Gasteiger charge is 2.46. The van der Waals surface area contributed by atoms with Gasteiger partial charge in [-0.25, -0.2) is 0 Å². The number of hydrogen-bond donors (Lipinski definition) is 1. The molecule has 1 N–H and O–H groups in total. The molecule has 6 rings (SSSR count). The molecule has 0 aliphatic carbocycles. The van der Waals surface area contributed by atoms with Gasteiger partial charge >= 0.3 is 5.79 Å². The molecule has 5 heteroatoms. The summed E-state index contributed by atoms with van der Waals surface area (Å²) in [5, 5.41) is 9.51. The highest BCUT2D eigenvalue weighted by molar-refractivity contribution is 5.87. The lowest BCUT2D eigenvalue weighted by atomic mass is 9.97. The van der Waals surface area contributed by atoms with Crippen LogP contribution in [0.3, 0.4) is 0 Å². The normalized spacial score (nSPS) is 13.7. The first kappa shape index (κ1) is 22.1.